The number of nitrogens with zero attached hydrogens (tertiary/aromatic N) is 2. The van der Waals surface area contributed by atoms with Gasteiger partial charge >= 0.3 is 0 Å². The van der Waals surface area contributed by atoms with Crippen molar-refractivity contribution in [2.45, 2.75) is 79.1 Å². The number of thiocarbonyl (C=S) groups is 2. The Balaban J connectivity index is 1.49. The van der Waals surface area contributed by atoms with Gasteiger partial charge in [-0.15, -0.1) is 22.7 Å². The van der Waals surface area contributed by atoms with Crippen molar-refractivity contribution in [1.82, 2.24) is 9.80 Å². The van der Waals surface area contributed by atoms with Gasteiger partial charge in [0.15, 0.2) is 0 Å². The van der Waals surface area contributed by atoms with Crippen LogP contribution in [0.25, 0.3) is 21.9 Å². The van der Waals surface area contributed by atoms with E-state index in [4.69, 9.17) is 24.4 Å². The Kier molecular flexibility index (Phi) is 13.2. The van der Waals surface area contributed by atoms with Crippen LogP contribution in [-0.4, -0.2) is 43.3 Å². The Labute approximate surface area is 286 Å². The van der Waals surface area contributed by atoms with Gasteiger partial charge in [-0.05, 0) is 49.0 Å². The fourth-order valence-corrected chi connectivity index (χ4v) is 9.92. The van der Waals surface area contributed by atoms with E-state index in [0.717, 1.165) is 74.0 Å². The molecular weight excluding hydrogens is 675 g/mol. The molecule has 2 aromatic rings. The van der Waals surface area contributed by atoms with E-state index >= 15 is 8.78 Å². The lowest BCUT2D eigenvalue weighted by atomic mass is 9.99. The van der Waals surface area contributed by atoms with Crippen molar-refractivity contribution in [3.63, 3.8) is 0 Å². The van der Waals surface area contributed by atoms with E-state index in [-0.39, 0.29) is 21.6 Å². The zero-order valence-electron chi connectivity index (χ0n) is 25.5. The van der Waals surface area contributed by atoms with Crippen LogP contribution in [0.3, 0.4) is 0 Å². The van der Waals surface area contributed by atoms with Gasteiger partial charge in [0.25, 0.3) is 11.8 Å². The highest BCUT2D eigenvalue weighted by Gasteiger charge is 2.35. The molecule has 2 aromatic heterocycles. The number of thioether (sulfide) groups is 2. The molecule has 44 heavy (non-hydrogen) atoms. The number of halogens is 2. The lowest BCUT2D eigenvalue weighted by Gasteiger charge is -2.21. The Hall–Kier alpha value is -1.44. The molecular formula is C32H38F2N2O2S6. The molecule has 0 aliphatic carbocycles. The molecule has 0 aromatic carbocycles. The summed E-state index contributed by atoms with van der Waals surface area (Å²) in [5, 5.41) is 0. The molecule has 2 amide bonds. The molecule has 2 aliphatic rings. The Morgan fingerprint density at radius 1 is 0.727 bits per heavy atom. The SMILES string of the molecule is CCCCC(CC)CN1C(=O)/C(=C/c2cc(F)c(-c3sc(/C=C4\SC(=S)N(CC(CC)CCCC)C4=O)cc3F)s2)SC1=S. The van der Waals surface area contributed by atoms with Crippen LogP contribution >= 0.6 is 70.6 Å². The van der Waals surface area contributed by atoms with E-state index in [1.807, 2.05) is 0 Å². The molecule has 0 N–H and O–H groups in total. The normalized spacial score (nSPS) is 19.0. The first kappa shape index (κ1) is 35.4. The highest BCUT2D eigenvalue weighted by atomic mass is 32.2. The van der Waals surface area contributed by atoms with Crippen molar-refractivity contribution < 1.29 is 18.4 Å². The van der Waals surface area contributed by atoms with E-state index in [0.29, 0.717) is 53.1 Å². The first-order valence-corrected chi connectivity index (χ1v) is 19.3. The topological polar surface area (TPSA) is 40.6 Å². The van der Waals surface area contributed by atoms with E-state index in [2.05, 4.69) is 27.7 Å². The summed E-state index contributed by atoms with van der Waals surface area (Å²) in [6, 6.07) is 2.66. The van der Waals surface area contributed by atoms with Gasteiger partial charge in [0, 0.05) is 22.8 Å². The van der Waals surface area contributed by atoms with Crippen LogP contribution in [-0.2, 0) is 9.59 Å². The van der Waals surface area contributed by atoms with Crippen LogP contribution in [0.15, 0.2) is 21.9 Å². The average Bonchev–Trinajstić information content (AvgIpc) is 3.69. The van der Waals surface area contributed by atoms with Crippen molar-refractivity contribution in [2.24, 2.45) is 11.8 Å². The minimum Gasteiger partial charge on any atom is -0.293 e. The van der Waals surface area contributed by atoms with Gasteiger partial charge < -0.3 is 0 Å². The number of carbonyl (C=O) groups excluding carboxylic acids is 2. The molecule has 238 valence electrons. The first-order chi connectivity index (χ1) is 21.1. The lowest BCUT2D eigenvalue weighted by Crippen LogP contribution is -2.33. The number of unbranched alkanes of at least 4 members (excludes halogenated alkanes) is 2. The number of rotatable bonds is 15. The maximum atomic E-state index is 15.2. The second-order valence-electron chi connectivity index (χ2n) is 11.1. The van der Waals surface area contributed by atoms with Crippen LogP contribution < -0.4 is 0 Å². The van der Waals surface area contributed by atoms with E-state index < -0.39 is 11.6 Å². The molecule has 0 radical (unpaired) electrons. The molecule has 0 bridgehead atoms. The summed E-state index contributed by atoms with van der Waals surface area (Å²) in [7, 11) is 0. The molecule has 2 fully saturated rings. The van der Waals surface area contributed by atoms with E-state index in [9.17, 15) is 9.59 Å². The van der Waals surface area contributed by atoms with Crippen molar-refractivity contribution in [1.29, 1.82) is 0 Å². The Morgan fingerprint density at radius 3 is 1.45 bits per heavy atom. The molecule has 4 rings (SSSR count). The molecule has 2 saturated heterocycles. The second-order valence-corrected chi connectivity index (χ2v) is 16.6. The van der Waals surface area contributed by atoms with Crippen LogP contribution in [0.2, 0.25) is 0 Å². The van der Waals surface area contributed by atoms with Gasteiger partial charge in [-0.1, -0.05) is 114 Å². The van der Waals surface area contributed by atoms with Crippen LogP contribution in [0, 0.1) is 23.5 Å². The number of amides is 2. The smallest absolute Gasteiger partial charge is 0.266 e. The highest BCUT2D eigenvalue weighted by molar-refractivity contribution is 8.27. The second kappa shape index (κ2) is 16.4. The standard InChI is InChI=1S/C32H38F2N2O2S6/c1-5-9-11-19(7-3)17-35-29(37)25(43-31(35)39)15-21-13-23(33)27(41-21)28-24(34)14-22(42-28)16-26-30(38)36(32(40)44-26)18-20(8-4)12-10-6-2/h13-16,19-20H,5-12,17-18H2,1-4H3/b25-15-,26-16-. The first-order valence-electron chi connectivity index (χ1n) is 15.2. The van der Waals surface area contributed by atoms with Gasteiger partial charge in [0.1, 0.15) is 20.3 Å². The summed E-state index contributed by atoms with van der Waals surface area (Å²) >= 11 is 15.6. The molecule has 2 unspecified atom stereocenters. The van der Waals surface area contributed by atoms with E-state index in [1.165, 1.54) is 35.7 Å². The molecule has 2 atom stereocenters. The zero-order chi connectivity index (χ0) is 32.0. The van der Waals surface area contributed by atoms with Crippen molar-refractivity contribution in [3.8, 4) is 9.75 Å². The molecule has 2 aliphatic heterocycles. The lowest BCUT2D eigenvalue weighted by molar-refractivity contribution is -0.123. The molecule has 12 heteroatoms. The summed E-state index contributed by atoms with van der Waals surface area (Å²) in [6.45, 7) is 9.73. The Morgan fingerprint density at radius 2 is 1.11 bits per heavy atom. The number of thiophene rings is 2. The van der Waals surface area contributed by atoms with E-state index in [1.54, 1.807) is 22.0 Å². The molecule has 0 saturated carbocycles. The van der Waals surface area contributed by atoms with Crippen LogP contribution in [0.4, 0.5) is 8.78 Å². The van der Waals surface area contributed by atoms with Crippen LogP contribution in [0.1, 0.15) is 88.8 Å². The quantitative estimate of drug-likeness (QED) is 0.135. The monoisotopic (exact) mass is 712 g/mol. The van der Waals surface area contributed by atoms with Crippen molar-refractivity contribution in [3.05, 3.63) is 43.3 Å². The number of carbonyl (C=O) groups is 2. The summed E-state index contributed by atoms with van der Waals surface area (Å²) in [5.74, 6) is -0.684. The highest BCUT2D eigenvalue weighted by Crippen LogP contribution is 2.43. The summed E-state index contributed by atoms with van der Waals surface area (Å²) in [4.78, 5) is 31.9. The summed E-state index contributed by atoms with van der Waals surface area (Å²) < 4.78 is 31.3. The third-order valence-electron chi connectivity index (χ3n) is 7.88. The number of hydrogen-bond donors (Lipinski definition) is 0. The molecule has 4 nitrogen and oxygen atoms in total. The molecule has 4 heterocycles. The van der Waals surface area contributed by atoms with Crippen LogP contribution in [0.5, 0.6) is 0 Å². The van der Waals surface area contributed by atoms with Crippen molar-refractivity contribution >= 4 is 103 Å². The third-order valence-corrected chi connectivity index (χ3v) is 12.9. The largest absolute Gasteiger partial charge is 0.293 e. The maximum absolute atomic E-state index is 15.2. The van der Waals surface area contributed by atoms with Gasteiger partial charge in [0.2, 0.25) is 0 Å². The average molecular weight is 713 g/mol. The number of hydrogen-bond acceptors (Lipinski definition) is 8. The van der Waals surface area contributed by atoms with Gasteiger partial charge in [-0.3, -0.25) is 19.4 Å². The van der Waals surface area contributed by atoms with Crippen molar-refractivity contribution in [2.75, 3.05) is 13.1 Å². The fraction of sp³-hybridized carbons (Fsp3) is 0.500. The third kappa shape index (κ3) is 8.47. The fourth-order valence-electron chi connectivity index (χ4n) is 5.15. The maximum Gasteiger partial charge on any atom is 0.266 e. The predicted molar refractivity (Wildman–Crippen MR) is 194 cm³/mol. The summed E-state index contributed by atoms with van der Waals surface area (Å²) in [5.41, 5.74) is 0. The minimum atomic E-state index is -0.557. The molecule has 0 spiro atoms. The minimum absolute atomic E-state index is 0.161. The predicted octanol–water partition coefficient (Wildman–Crippen LogP) is 10.6. The summed E-state index contributed by atoms with van der Waals surface area (Å²) in [6.07, 6.45) is 11.7. The zero-order valence-corrected chi connectivity index (χ0v) is 30.4. The van der Waals surface area contributed by atoms with Gasteiger partial charge in [-0.25, -0.2) is 8.78 Å². The van der Waals surface area contributed by atoms with Gasteiger partial charge in [-0.2, -0.15) is 0 Å². The van der Waals surface area contributed by atoms with Gasteiger partial charge in [0.05, 0.1) is 19.6 Å². The Bertz CT molecular complexity index is 1350.